The van der Waals surface area contributed by atoms with E-state index in [0.717, 1.165) is 31.5 Å². The lowest BCUT2D eigenvalue weighted by molar-refractivity contribution is -0.120. The predicted octanol–water partition coefficient (Wildman–Crippen LogP) is 3.77. The van der Waals surface area contributed by atoms with Gasteiger partial charge in [0.25, 0.3) is 0 Å². The van der Waals surface area contributed by atoms with Gasteiger partial charge in [-0.1, -0.05) is 50.1 Å². The Morgan fingerprint density at radius 1 is 1.19 bits per heavy atom. The van der Waals surface area contributed by atoms with Crippen molar-refractivity contribution in [1.29, 1.82) is 0 Å². The average Bonchev–Trinajstić information content (AvgIpc) is 3.33. The Morgan fingerprint density at radius 2 is 1.88 bits per heavy atom. The summed E-state index contributed by atoms with van der Waals surface area (Å²) in [5, 5.41) is 0. The number of allylic oxidation sites excluding steroid dienone is 1. The molecule has 0 saturated heterocycles. The average molecular weight is 434 g/mol. The molecule has 0 radical (unpaired) electrons. The molecule has 1 aliphatic carbocycles. The van der Waals surface area contributed by atoms with Gasteiger partial charge in [0.2, 0.25) is 5.91 Å². The number of rotatable bonds is 6. The van der Waals surface area contributed by atoms with Crippen molar-refractivity contribution in [3.63, 3.8) is 0 Å². The maximum Gasteiger partial charge on any atom is 0.249 e. The SMILES string of the molecule is CC[C@@H]1C(=O)N(C)c2cnc(/C(=C/N(C)C)C(=O)c3ccccc3)nc2N1C1CCCC1. The fraction of sp³-hybridized carbons (Fsp3) is 0.440. The van der Waals surface area contributed by atoms with Gasteiger partial charge >= 0.3 is 0 Å². The van der Waals surface area contributed by atoms with E-state index in [-0.39, 0.29) is 23.8 Å². The highest BCUT2D eigenvalue weighted by Gasteiger charge is 2.41. The van der Waals surface area contributed by atoms with Gasteiger partial charge in [0, 0.05) is 38.9 Å². The van der Waals surface area contributed by atoms with Gasteiger partial charge in [0.15, 0.2) is 17.4 Å². The van der Waals surface area contributed by atoms with Crippen molar-refractivity contribution in [3.05, 3.63) is 54.1 Å². The third-order valence-corrected chi connectivity index (χ3v) is 6.32. The van der Waals surface area contributed by atoms with Crippen LogP contribution in [-0.4, -0.2) is 59.8 Å². The zero-order valence-electron chi connectivity index (χ0n) is 19.3. The number of fused-ring (bicyclic) bond motifs is 1. The summed E-state index contributed by atoms with van der Waals surface area (Å²) < 4.78 is 0. The van der Waals surface area contributed by atoms with Crippen molar-refractivity contribution < 1.29 is 9.59 Å². The molecule has 0 unspecified atom stereocenters. The minimum atomic E-state index is -0.246. The van der Waals surface area contributed by atoms with Crippen LogP contribution in [0.1, 0.15) is 55.2 Å². The molecule has 1 aromatic carbocycles. The van der Waals surface area contributed by atoms with Gasteiger partial charge in [-0.25, -0.2) is 9.97 Å². The van der Waals surface area contributed by atoms with Crippen LogP contribution in [0.25, 0.3) is 5.57 Å². The molecule has 1 amide bonds. The molecule has 4 rings (SSSR count). The normalized spacial score (nSPS) is 19.3. The van der Waals surface area contributed by atoms with Crippen molar-refractivity contribution in [3.8, 4) is 0 Å². The monoisotopic (exact) mass is 433 g/mol. The summed E-state index contributed by atoms with van der Waals surface area (Å²) in [5.41, 5.74) is 1.72. The molecule has 2 heterocycles. The number of carbonyl (C=O) groups excluding carboxylic acids is 2. The quantitative estimate of drug-likeness (QED) is 0.510. The minimum Gasteiger partial charge on any atom is -0.383 e. The number of amides is 1. The standard InChI is InChI=1S/C25H31N5O2/c1-5-20-25(32)29(4)21-15-26-23(27-24(21)30(20)18-13-9-10-14-18)19(16-28(2)3)22(31)17-11-7-6-8-12-17/h6-8,11-12,15-16,18,20H,5,9-10,13-14H2,1-4H3/b19-16+/t20-/m1/s1. The van der Waals surface area contributed by atoms with Gasteiger partial charge in [-0.3, -0.25) is 9.59 Å². The maximum atomic E-state index is 13.4. The number of Topliss-reactive ketones (excluding diaryl/α,β-unsaturated/α-hetero) is 1. The van der Waals surface area contributed by atoms with Crippen molar-refractivity contribution >= 4 is 28.8 Å². The Balaban J connectivity index is 1.83. The fourth-order valence-corrected chi connectivity index (χ4v) is 4.73. The summed E-state index contributed by atoms with van der Waals surface area (Å²) in [6.45, 7) is 2.04. The molecule has 1 fully saturated rings. The Bertz CT molecular complexity index is 1030. The van der Waals surface area contributed by atoms with Crippen LogP contribution in [-0.2, 0) is 4.79 Å². The summed E-state index contributed by atoms with van der Waals surface area (Å²) in [5.74, 6) is 1.08. The number of likely N-dealkylation sites (N-methyl/N-ethyl adjacent to an activating group) is 1. The second-order valence-corrected chi connectivity index (χ2v) is 8.77. The highest BCUT2D eigenvalue weighted by Crippen LogP contribution is 2.40. The molecule has 1 aromatic heterocycles. The zero-order chi connectivity index (χ0) is 22.8. The molecule has 1 atom stereocenters. The third-order valence-electron chi connectivity index (χ3n) is 6.32. The van der Waals surface area contributed by atoms with Crippen LogP contribution in [0.2, 0.25) is 0 Å². The molecule has 32 heavy (non-hydrogen) atoms. The molecule has 1 aliphatic heterocycles. The number of anilines is 2. The van der Waals surface area contributed by atoms with Crippen LogP contribution in [0.5, 0.6) is 0 Å². The molecule has 2 aliphatic rings. The number of ketones is 1. The maximum absolute atomic E-state index is 13.4. The smallest absolute Gasteiger partial charge is 0.249 e. The first kappa shape index (κ1) is 22.0. The van der Waals surface area contributed by atoms with E-state index in [0.29, 0.717) is 29.1 Å². The zero-order valence-corrected chi connectivity index (χ0v) is 19.3. The summed E-state index contributed by atoms with van der Waals surface area (Å²) in [4.78, 5) is 41.6. The number of hydrogen-bond donors (Lipinski definition) is 0. The highest BCUT2D eigenvalue weighted by atomic mass is 16.2. The Labute approximate surface area is 189 Å². The number of nitrogens with zero attached hydrogens (tertiary/aromatic N) is 5. The lowest BCUT2D eigenvalue weighted by atomic mass is 10.0. The number of hydrogen-bond acceptors (Lipinski definition) is 6. The number of carbonyl (C=O) groups is 2. The van der Waals surface area contributed by atoms with Crippen molar-refractivity contribution in [1.82, 2.24) is 14.9 Å². The topological polar surface area (TPSA) is 69.6 Å². The lowest BCUT2D eigenvalue weighted by Gasteiger charge is -2.43. The van der Waals surface area contributed by atoms with Gasteiger partial charge in [0.1, 0.15) is 11.7 Å². The minimum absolute atomic E-state index is 0.0765. The molecule has 0 spiro atoms. The van der Waals surface area contributed by atoms with E-state index in [9.17, 15) is 9.59 Å². The molecule has 7 nitrogen and oxygen atoms in total. The molecule has 168 valence electrons. The molecular formula is C25H31N5O2. The van der Waals surface area contributed by atoms with E-state index in [1.165, 1.54) is 0 Å². The fourth-order valence-electron chi connectivity index (χ4n) is 4.73. The Kier molecular flexibility index (Phi) is 6.26. The molecule has 2 aromatic rings. The van der Waals surface area contributed by atoms with Gasteiger partial charge in [-0.05, 0) is 19.3 Å². The van der Waals surface area contributed by atoms with E-state index in [4.69, 9.17) is 4.98 Å². The molecule has 0 bridgehead atoms. The van der Waals surface area contributed by atoms with Gasteiger partial charge in [-0.15, -0.1) is 0 Å². The first-order valence-electron chi connectivity index (χ1n) is 11.3. The number of benzene rings is 1. The molecular weight excluding hydrogens is 402 g/mol. The van der Waals surface area contributed by atoms with Gasteiger partial charge in [0.05, 0.1) is 11.8 Å². The molecule has 1 saturated carbocycles. The van der Waals surface area contributed by atoms with E-state index < -0.39 is 0 Å². The Morgan fingerprint density at radius 3 is 2.50 bits per heavy atom. The van der Waals surface area contributed by atoms with Crippen LogP contribution < -0.4 is 9.80 Å². The number of aromatic nitrogens is 2. The van der Waals surface area contributed by atoms with Crippen LogP contribution in [0, 0.1) is 0 Å². The first-order valence-corrected chi connectivity index (χ1v) is 11.3. The van der Waals surface area contributed by atoms with E-state index in [1.54, 1.807) is 36.5 Å². The van der Waals surface area contributed by atoms with Crippen molar-refractivity contribution in [2.45, 2.75) is 51.1 Å². The van der Waals surface area contributed by atoms with Crippen LogP contribution in [0.4, 0.5) is 11.5 Å². The Hall–Kier alpha value is -3.22. The second-order valence-electron chi connectivity index (χ2n) is 8.77. The summed E-state index contributed by atoms with van der Waals surface area (Å²) in [6.07, 6.45) is 8.59. The van der Waals surface area contributed by atoms with Crippen molar-refractivity contribution in [2.24, 2.45) is 0 Å². The van der Waals surface area contributed by atoms with Gasteiger partial charge in [-0.2, -0.15) is 0 Å². The third kappa shape index (κ3) is 3.99. The van der Waals surface area contributed by atoms with E-state index in [1.807, 2.05) is 44.1 Å². The van der Waals surface area contributed by atoms with Crippen LogP contribution in [0.15, 0.2) is 42.7 Å². The second kappa shape index (κ2) is 9.10. The van der Waals surface area contributed by atoms with E-state index >= 15 is 0 Å². The predicted molar refractivity (Wildman–Crippen MR) is 127 cm³/mol. The van der Waals surface area contributed by atoms with Crippen LogP contribution >= 0.6 is 0 Å². The van der Waals surface area contributed by atoms with E-state index in [2.05, 4.69) is 9.88 Å². The molecule has 0 N–H and O–H groups in total. The lowest BCUT2D eigenvalue weighted by Crippen LogP contribution is -2.55. The molecule has 7 heteroatoms. The first-order chi connectivity index (χ1) is 15.4. The van der Waals surface area contributed by atoms with Crippen LogP contribution in [0.3, 0.4) is 0 Å². The van der Waals surface area contributed by atoms with Gasteiger partial charge < -0.3 is 14.7 Å². The summed E-state index contributed by atoms with van der Waals surface area (Å²) in [7, 11) is 5.53. The largest absolute Gasteiger partial charge is 0.383 e. The summed E-state index contributed by atoms with van der Waals surface area (Å²) in [6, 6.07) is 9.22. The van der Waals surface area contributed by atoms with Crippen molar-refractivity contribution in [2.75, 3.05) is 30.9 Å². The highest BCUT2D eigenvalue weighted by molar-refractivity contribution is 6.28. The summed E-state index contributed by atoms with van der Waals surface area (Å²) >= 11 is 0.